The molecule has 2 N–H and O–H groups in total. The summed E-state index contributed by atoms with van der Waals surface area (Å²) in [4.78, 5) is 11.6. The Morgan fingerprint density at radius 3 is 2.80 bits per heavy atom. The Hall–Kier alpha value is -0.570. The molecule has 3 nitrogen and oxygen atoms in total. The first-order chi connectivity index (χ1) is 7.11. The van der Waals surface area contributed by atoms with Crippen molar-refractivity contribution in [2.24, 2.45) is 5.92 Å². The molecule has 0 aliphatic carbocycles. The van der Waals surface area contributed by atoms with Gasteiger partial charge in [-0.1, -0.05) is 20.3 Å². The molecule has 1 aliphatic rings. The fourth-order valence-electron chi connectivity index (χ4n) is 1.87. The van der Waals surface area contributed by atoms with Gasteiger partial charge in [0.15, 0.2) is 0 Å². The van der Waals surface area contributed by atoms with Gasteiger partial charge in [0, 0.05) is 25.0 Å². The first-order valence-electron chi connectivity index (χ1n) is 6.14. The molecular weight excluding hydrogens is 188 g/mol. The van der Waals surface area contributed by atoms with Crippen LogP contribution in [0.5, 0.6) is 0 Å². The van der Waals surface area contributed by atoms with Crippen molar-refractivity contribution in [3.63, 3.8) is 0 Å². The molecule has 3 atom stereocenters. The van der Waals surface area contributed by atoms with E-state index in [0.29, 0.717) is 24.4 Å². The molecule has 0 aromatic carbocycles. The summed E-state index contributed by atoms with van der Waals surface area (Å²) in [6.07, 6.45) is 4.02. The number of carbonyl (C=O) groups excluding carboxylic acids is 1. The average Bonchev–Trinajstić information content (AvgIpc) is 2.21. The lowest BCUT2D eigenvalue weighted by molar-refractivity contribution is -0.122. The lowest BCUT2D eigenvalue weighted by atomic mass is 10.0. The minimum Gasteiger partial charge on any atom is -0.352 e. The standard InChI is InChI=1S/C12H24N2O/c1-4-9(2)7-12(15)14-11-6-5-10(3)13-8-11/h9-11,13H,4-8H2,1-3H3,(H,14,15). The van der Waals surface area contributed by atoms with Crippen molar-refractivity contribution >= 4 is 5.91 Å². The topological polar surface area (TPSA) is 41.1 Å². The monoisotopic (exact) mass is 212 g/mol. The molecule has 1 saturated heterocycles. The minimum absolute atomic E-state index is 0.214. The quantitative estimate of drug-likeness (QED) is 0.744. The van der Waals surface area contributed by atoms with Gasteiger partial charge < -0.3 is 10.6 Å². The Morgan fingerprint density at radius 2 is 2.27 bits per heavy atom. The lowest BCUT2D eigenvalue weighted by Crippen LogP contribution is -2.48. The average molecular weight is 212 g/mol. The molecule has 3 heteroatoms. The van der Waals surface area contributed by atoms with E-state index in [1.807, 2.05) is 0 Å². The van der Waals surface area contributed by atoms with Crippen LogP contribution >= 0.6 is 0 Å². The number of hydrogen-bond acceptors (Lipinski definition) is 2. The van der Waals surface area contributed by atoms with E-state index in [4.69, 9.17) is 0 Å². The second-order valence-corrected chi connectivity index (χ2v) is 4.87. The zero-order valence-corrected chi connectivity index (χ0v) is 10.2. The van der Waals surface area contributed by atoms with Crippen LogP contribution in [0.1, 0.15) is 46.5 Å². The predicted octanol–water partition coefficient (Wildman–Crippen LogP) is 1.68. The van der Waals surface area contributed by atoms with Crippen LogP contribution in [0.3, 0.4) is 0 Å². The first-order valence-corrected chi connectivity index (χ1v) is 6.14. The molecule has 1 aliphatic heterocycles. The van der Waals surface area contributed by atoms with E-state index < -0.39 is 0 Å². The van der Waals surface area contributed by atoms with Crippen molar-refractivity contribution in [1.82, 2.24) is 10.6 Å². The third-order valence-corrected chi connectivity index (χ3v) is 3.26. The lowest BCUT2D eigenvalue weighted by Gasteiger charge is -2.28. The van der Waals surface area contributed by atoms with E-state index in [-0.39, 0.29) is 5.91 Å². The zero-order chi connectivity index (χ0) is 11.3. The number of hydrogen-bond donors (Lipinski definition) is 2. The molecule has 3 unspecified atom stereocenters. The summed E-state index contributed by atoms with van der Waals surface area (Å²) in [5, 5.41) is 6.49. The smallest absolute Gasteiger partial charge is 0.220 e. The Labute approximate surface area is 93.0 Å². The van der Waals surface area contributed by atoms with Gasteiger partial charge >= 0.3 is 0 Å². The van der Waals surface area contributed by atoms with E-state index >= 15 is 0 Å². The normalized spacial score (nSPS) is 28.5. The van der Waals surface area contributed by atoms with Crippen LogP contribution in [-0.2, 0) is 4.79 Å². The van der Waals surface area contributed by atoms with Crippen LogP contribution in [0.2, 0.25) is 0 Å². The van der Waals surface area contributed by atoms with Gasteiger partial charge in [0.25, 0.3) is 0 Å². The van der Waals surface area contributed by atoms with Gasteiger partial charge in [-0.2, -0.15) is 0 Å². The van der Waals surface area contributed by atoms with Crippen LogP contribution in [-0.4, -0.2) is 24.5 Å². The Morgan fingerprint density at radius 1 is 1.53 bits per heavy atom. The summed E-state index contributed by atoms with van der Waals surface area (Å²) >= 11 is 0. The Balaban J connectivity index is 2.20. The number of piperidine rings is 1. The summed E-state index contributed by atoms with van der Waals surface area (Å²) in [7, 11) is 0. The molecule has 0 aromatic rings. The number of nitrogens with one attached hydrogen (secondary N) is 2. The maximum absolute atomic E-state index is 11.6. The molecule has 0 radical (unpaired) electrons. The summed E-state index contributed by atoms with van der Waals surface area (Å²) in [5.41, 5.74) is 0. The molecule has 1 amide bonds. The van der Waals surface area contributed by atoms with E-state index in [0.717, 1.165) is 25.8 Å². The van der Waals surface area contributed by atoms with Gasteiger partial charge in [0.1, 0.15) is 0 Å². The SMILES string of the molecule is CCC(C)CC(=O)NC1CCC(C)NC1. The number of rotatable bonds is 4. The van der Waals surface area contributed by atoms with Crippen molar-refractivity contribution in [2.45, 2.75) is 58.5 Å². The summed E-state index contributed by atoms with van der Waals surface area (Å²) in [6, 6.07) is 0.950. The van der Waals surface area contributed by atoms with E-state index in [1.54, 1.807) is 0 Å². The van der Waals surface area contributed by atoms with Gasteiger partial charge in [-0.25, -0.2) is 0 Å². The Bertz CT molecular complexity index is 198. The van der Waals surface area contributed by atoms with Gasteiger partial charge in [-0.05, 0) is 25.7 Å². The van der Waals surface area contributed by atoms with Crippen molar-refractivity contribution in [1.29, 1.82) is 0 Å². The highest BCUT2D eigenvalue weighted by Gasteiger charge is 2.19. The fourth-order valence-corrected chi connectivity index (χ4v) is 1.87. The highest BCUT2D eigenvalue weighted by atomic mass is 16.1. The first kappa shape index (κ1) is 12.5. The van der Waals surface area contributed by atoms with Gasteiger partial charge in [-0.3, -0.25) is 4.79 Å². The van der Waals surface area contributed by atoms with E-state index in [1.165, 1.54) is 0 Å². The van der Waals surface area contributed by atoms with Gasteiger partial charge in [-0.15, -0.1) is 0 Å². The maximum atomic E-state index is 11.6. The van der Waals surface area contributed by atoms with Gasteiger partial charge in [0.2, 0.25) is 5.91 Å². The van der Waals surface area contributed by atoms with Gasteiger partial charge in [0.05, 0.1) is 0 Å². The molecule has 0 bridgehead atoms. The molecule has 15 heavy (non-hydrogen) atoms. The van der Waals surface area contributed by atoms with Crippen molar-refractivity contribution in [2.75, 3.05) is 6.54 Å². The van der Waals surface area contributed by atoms with E-state index in [9.17, 15) is 4.79 Å². The molecule has 0 aromatic heterocycles. The third kappa shape index (κ3) is 4.65. The second kappa shape index (κ2) is 6.11. The number of amides is 1. The Kier molecular flexibility index (Phi) is 5.09. The van der Waals surface area contributed by atoms with Crippen LogP contribution in [0, 0.1) is 5.92 Å². The third-order valence-electron chi connectivity index (χ3n) is 3.26. The highest BCUT2D eigenvalue weighted by molar-refractivity contribution is 5.76. The number of carbonyl (C=O) groups is 1. The van der Waals surface area contributed by atoms with Crippen molar-refractivity contribution < 1.29 is 4.79 Å². The summed E-state index contributed by atoms with van der Waals surface area (Å²) in [6.45, 7) is 7.37. The van der Waals surface area contributed by atoms with Crippen LogP contribution < -0.4 is 10.6 Å². The zero-order valence-electron chi connectivity index (χ0n) is 10.2. The second-order valence-electron chi connectivity index (χ2n) is 4.87. The molecule has 0 spiro atoms. The van der Waals surface area contributed by atoms with Crippen molar-refractivity contribution in [3.05, 3.63) is 0 Å². The molecular formula is C12H24N2O. The molecule has 1 fully saturated rings. The molecule has 1 rings (SSSR count). The van der Waals surface area contributed by atoms with Crippen LogP contribution in [0.15, 0.2) is 0 Å². The largest absolute Gasteiger partial charge is 0.352 e. The predicted molar refractivity (Wildman–Crippen MR) is 62.7 cm³/mol. The molecule has 88 valence electrons. The van der Waals surface area contributed by atoms with E-state index in [2.05, 4.69) is 31.4 Å². The summed E-state index contributed by atoms with van der Waals surface area (Å²) < 4.78 is 0. The van der Waals surface area contributed by atoms with Crippen molar-refractivity contribution in [3.8, 4) is 0 Å². The van der Waals surface area contributed by atoms with Crippen LogP contribution in [0.4, 0.5) is 0 Å². The van der Waals surface area contributed by atoms with Crippen LogP contribution in [0.25, 0.3) is 0 Å². The summed E-state index contributed by atoms with van der Waals surface area (Å²) in [5.74, 6) is 0.714. The molecule has 1 heterocycles. The maximum Gasteiger partial charge on any atom is 0.220 e. The highest BCUT2D eigenvalue weighted by Crippen LogP contribution is 2.09. The molecule has 0 saturated carbocycles. The minimum atomic E-state index is 0.214. The fraction of sp³-hybridized carbons (Fsp3) is 0.917.